The van der Waals surface area contributed by atoms with Crippen molar-refractivity contribution in [3.63, 3.8) is 0 Å². The Kier molecular flexibility index (Phi) is 9.83. The predicted molar refractivity (Wildman–Crippen MR) is 69.8 cm³/mol. The van der Waals surface area contributed by atoms with Gasteiger partial charge in [0, 0.05) is 5.57 Å². The zero-order valence-corrected chi connectivity index (χ0v) is 11.2. The van der Waals surface area contributed by atoms with Gasteiger partial charge in [-0.1, -0.05) is 39.2 Å². The van der Waals surface area contributed by atoms with Gasteiger partial charge in [0.25, 0.3) is 0 Å². The van der Waals surface area contributed by atoms with E-state index < -0.39 is 0 Å². The number of esters is 1. The van der Waals surface area contributed by atoms with Gasteiger partial charge in [-0.25, -0.2) is 4.79 Å². The summed E-state index contributed by atoms with van der Waals surface area (Å²) in [5.74, 6) is -0.345. The molecule has 1 atom stereocenters. The quantitative estimate of drug-likeness (QED) is 0.363. The Balaban J connectivity index is 3.35. The van der Waals surface area contributed by atoms with Gasteiger partial charge >= 0.3 is 5.97 Å². The summed E-state index contributed by atoms with van der Waals surface area (Å²) in [5, 5.41) is 9.66. The summed E-state index contributed by atoms with van der Waals surface area (Å²) in [6.45, 7) is 7.68. The van der Waals surface area contributed by atoms with Crippen LogP contribution >= 0.6 is 0 Å². The zero-order chi connectivity index (χ0) is 13.1. The molecule has 0 aromatic carbocycles. The normalized spacial score (nSPS) is 12.2. The van der Waals surface area contributed by atoms with Gasteiger partial charge in [-0.05, 0) is 26.2 Å². The number of unbranched alkanes of at least 4 members (excludes halogenated alkanes) is 3. The molecule has 0 amide bonds. The molecule has 3 nitrogen and oxygen atoms in total. The molecule has 100 valence electrons. The van der Waals surface area contributed by atoms with Gasteiger partial charge in [-0.15, -0.1) is 0 Å². The van der Waals surface area contributed by atoms with E-state index in [4.69, 9.17) is 4.74 Å². The average molecular weight is 242 g/mol. The lowest BCUT2D eigenvalue weighted by Gasteiger charge is -2.10. The van der Waals surface area contributed by atoms with Crippen LogP contribution in [0.15, 0.2) is 12.2 Å². The number of aliphatic hydroxyl groups excluding tert-OH is 1. The van der Waals surface area contributed by atoms with Crippen LogP contribution in [0.2, 0.25) is 0 Å². The first-order valence-corrected chi connectivity index (χ1v) is 6.58. The molecule has 0 radical (unpaired) electrons. The van der Waals surface area contributed by atoms with E-state index in [9.17, 15) is 9.90 Å². The van der Waals surface area contributed by atoms with Crippen LogP contribution in [0.5, 0.6) is 0 Å². The maximum absolute atomic E-state index is 11.0. The molecule has 0 saturated heterocycles. The highest BCUT2D eigenvalue weighted by Crippen LogP contribution is 2.09. The van der Waals surface area contributed by atoms with Gasteiger partial charge in [0.1, 0.15) is 0 Å². The summed E-state index contributed by atoms with van der Waals surface area (Å²) in [6.07, 6.45) is 6.75. The third-order valence-corrected chi connectivity index (χ3v) is 2.65. The van der Waals surface area contributed by atoms with E-state index in [2.05, 4.69) is 13.5 Å². The molecule has 0 aliphatic heterocycles. The van der Waals surface area contributed by atoms with Crippen LogP contribution < -0.4 is 0 Å². The molecule has 0 bridgehead atoms. The molecular weight excluding hydrogens is 216 g/mol. The first-order chi connectivity index (χ1) is 8.07. The zero-order valence-electron chi connectivity index (χ0n) is 11.2. The molecule has 0 saturated carbocycles. The highest BCUT2D eigenvalue weighted by Gasteiger charge is 2.06. The summed E-state index contributed by atoms with van der Waals surface area (Å²) in [4.78, 5) is 11.0. The standard InChI is InChI=1S/C14H26O3/c1-4-5-6-7-9-13(15)10-8-11-17-14(16)12(2)3/h13,15H,2,4-11H2,1,3H3. The van der Waals surface area contributed by atoms with Crippen LogP contribution in [0.1, 0.15) is 58.8 Å². The third kappa shape index (κ3) is 10.1. The molecular formula is C14H26O3. The minimum Gasteiger partial charge on any atom is -0.462 e. The van der Waals surface area contributed by atoms with Gasteiger partial charge in [0.05, 0.1) is 12.7 Å². The van der Waals surface area contributed by atoms with Crippen LogP contribution in [0, 0.1) is 0 Å². The number of carbonyl (C=O) groups is 1. The second kappa shape index (κ2) is 10.3. The fourth-order valence-corrected chi connectivity index (χ4v) is 1.56. The fourth-order valence-electron chi connectivity index (χ4n) is 1.56. The van der Waals surface area contributed by atoms with E-state index in [-0.39, 0.29) is 12.1 Å². The Morgan fingerprint density at radius 2 is 1.88 bits per heavy atom. The number of carbonyl (C=O) groups excluding carboxylic acids is 1. The Morgan fingerprint density at radius 1 is 1.24 bits per heavy atom. The minimum absolute atomic E-state index is 0.254. The van der Waals surface area contributed by atoms with Crippen LogP contribution in [0.3, 0.4) is 0 Å². The highest BCUT2D eigenvalue weighted by atomic mass is 16.5. The van der Waals surface area contributed by atoms with Crippen molar-refractivity contribution in [2.45, 2.75) is 64.9 Å². The summed E-state index contributed by atoms with van der Waals surface area (Å²) in [6, 6.07) is 0. The summed E-state index contributed by atoms with van der Waals surface area (Å²) < 4.78 is 4.95. The van der Waals surface area contributed by atoms with Crippen molar-refractivity contribution in [3.8, 4) is 0 Å². The van der Waals surface area contributed by atoms with Crippen molar-refractivity contribution in [2.24, 2.45) is 0 Å². The van der Waals surface area contributed by atoms with Crippen LogP contribution in [0.25, 0.3) is 0 Å². The molecule has 0 rings (SSSR count). The Hall–Kier alpha value is -0.830. The molecule has 0 heterocycles. The van der Waals surface area contributed by atoms with Crippen molar-refractivity contribution in [1.29, 1.82) is 0 Å². The maximum atomic E-state index is 11.0. The first kappa shape index (κ1) is 16.2. The van der Waals surface area contributed by atoms with Crippen molar-refractivity contribution < 1.29 is 14.6 Å². The number of rotatable bonds is 10. The SMILES string of the molecule is C=C(C)C(=O)OCCCC(O)CCCCCC. The molecule has 0 aromatic heterocycles. The van der Waals surface area contributed by atoms with Crippen molar-refractivity contribution in [3.05, 3.63) is 12.2 Å². The Labute approximate surface area is 105 Å². The minimum atomic E-state index is -0.345. The van der Waals surface area contributed by atoms with Gasteiger partial charge in [0.2, 0.25) is 0 Å². The van der Waals surface area contributed by atoms with Crippen molar-refractivity contribution in [2.75, 3.05) is 6.61 Å². The lowest BCUT2D eigenvalue weighted by molar-refractivity contribution is -0.139. The second-order valence-electron chi connectivity index (χ2n) is 4.56. The lowest BCUT2D eigenvalue weighted by Crippen LogP contribution is -2.10. The number of hydrogen-bond donors (Lipinski definition) is 1. The van der Waals surface area contributed by atoms with E-state index in [1.165, 1.54) is 19.3 Å². The smallest absolute Gasteiger partial charge is 0.333 e. The Bertz CT molecular complexity index is 224. The van der Waals surface area contributed by atoms with Crippen LogP contribution in [0.4, 0.5) is 0 Å². The number of hydrogen-bond acceptors (Lipinski definition) is 3. The molecule has 0 fully saturated rings. The first-order valence-electron chi connectivity index (χ1n) is 6.58. The lowest BCUT2D eigenvalue weighted by atomic mass is 10.1. The molecule has 0 spiro atoms. The van der Waals surface area contributed by atoms with Gasteiger partial charge in [-0.3, -0.25) is 0 Å². The van der Waals surface area contributed by atoms with E-state index in [1.54, 1.807) is 6.92 Å². The molecule has 1 unspecified atom stereocenters. The molecule has 3 heteroatoms. The molecule has 0 aliphatic carbocycles. The maximum Gasteiger partial charge on any atom is 0.333 e. The van der Waals surface area contributed by atoms with Crippen molar-refractivity contribution in [1.82, 2.24) is 0 Å². The number of aliphatic hydroxyl groups is 1. The Morgan fingerprint density at radius 3 is 2.47 bits per heavy atom. The molecule has 0 aromatic rings. The topological polar surface area (TPSA) is 46.5 Å². The van der Waals surface area contributed by atoms with E-state index in [0.717, 1.165) is 12.8 Å². The van der Waals surface area contributed by atoms with E-state index >= 15 is 0 Å². The largest absolute Gasteiger partial charge is 0.462 e. The van der Waals surface area contributed by atoms with E-state index in [0.29, 0.717) is 25.0 Å². The van der Waals surface area contributed by atoms with E-state index in [1.807, 2.05) is 0 Å². The van der Waals surface area contributed by atoms with Crippen LogP contribution in [-0.2, 0) is 9.53 Å². The monoisotopic (exact) mass is 242 g/mol. The molecule has 1 N–H and O–H groups in total. The summed E-state index contributed by atoms with van der Waals surface area (Å²) in [7, 11) is 0. The fraction of sp³-hybridized carbons (Fsp3) is 0.786. The molecule has 0 aliphatic rings. The molecule has 17 heavy (non-hydrogen) atoms. The highest BCUT2D eigenvalue weighted by molar-refractivity contribution is 5.86. The van der Waals surface area contributed by atoms with Gasteiger partial charge < -0.3 is 9.84 Å². The second-order valence-corrected chi connectivity index (χ2v) is 4.56. The summed E-state index contributed by atoms with van der Waals surface area (Å²) in [5.41, 5.74) is 0.421. The predicted octanol–water partition coefficient (Wildman–Crippen LogP) is 3.22. The average Bonchev–Trinajstić information content (AvgIpc) is 2.29. The third-order valence-electron chi connectivity index (χ3n) is 2.65. The number of ether oxygens (including phenoxy) is 1. The van der Waals surface area contributed by atoms with Gasteiger partial charge in [0.15, 0.2) is 0 Å². The summed E-state index contributed by atoms with van der Waals surface area (Å²) >= 11 is 0. The van der Waals surface area contributed by atoms with Crippen LogP contribution in [-0.4, -0.2) is 23.8 Å². The van der Waals surface area contributed by atoms with Gasteiger partial charge in [-0.2, -0.15) is 0 Å². The van der Waals surface area contributed by atoms with Crippen molar-refractivity contribution >= 4 is 5.97 Å².